The van der Waals surface area contributed by atoms with E-state index in [0.717, 1.165) is 16.5 Å². The highest BCUT2D eigenvalue weighted by atomic mass is 16.6. The number of hydrogen-bond donors (Lipinski definition) is 1. The lowest BCUT2D eigenvalue weighted by atomic mass is 9.95. The molecule has 4 heteroatoms. The van der Waals surface area contributed by atoms with Crippen LogP contribution in [0.15, 0.2) is 30.5 Å². The zero-order chi connectivity index (χ0) is 11.8. The van der Waals surface area contributed by atoms with Gasteiger partial charge < -0.3 is 4.98 Å². The first kappa shape index (κ1) is 10.7. The zero-order valence-corrected chi connectivity index (χ0v) is 9.36. The van der Waals surface area contributed by atoms with E-state index < -0.39 is 5.54 Å². The van der Waals surface area contributed by atoms with Crippen LogP contribution in [0.25, 0.3) is 10.9 Å². The SMILES string of the molecule is CC(C)(Cc1c[nH]c2ccccc12)[N+](=O)[O-]. The molecule has 0 unspecified atom stereocenters. The Balaban J connectivity index is 2.38. The molecule has 84 valence electrons. The molecule has 1 heterocycles. The molecule has 16 heavy (non-hydrogen) atoms. The maximum absolute atomic E-state index is 10.9. The number of nitrogens with zero attached hydrogens (tertiary/aromatic N) is 1. The lowest BCUT2D eigenvalue weighted by molar-refractivity contribution is -0.560. The fourth-order valence-electron chi connectivity index (χ4n) is 1.81. The van der Waals surface area contributed by atoms with E-state index in [1.807, 2.05) is 30.5 Å². The molecule has 1 aromatic carbocycles. The summed E-state index contributed by atoms with van der Waals surface area (Å²) in [5.41, 5.74) is 1.10. The molecule has 0 aliphatic heterocycles. The Morgan fingerprint density at radius 3 is 2.75 bits per heavy atom. The highest BCUT2D eigenvalue weighted by Gasteiger charge is 2.31. The lowest BCUT2D eigenvalue weighted by Gasteiger charge is -2.14. The van der Waals surface area contributed by atoms with Crippen LogP contribution in [0.1, 0.15) is 19.4 Å². The highest BCUT2D eigenvalue weighted by Crippen LogP contribution is 2.23. The van der Waals surface area contributed by atoms with Gasteiger partial charge in [0.1, 0.15) is 0 Å². The molecule has 0 radical (unpaired) electrons. The normalized spacial score (nSPS) is 11.9. The topological polar surface area (TPSA) is 58.9 Å². The third-order valence-electron chi connectivity index (χ3n) is 2.79. The summed E-state index contributed by atoms with van der Waals surface area (Å²) in [5, 5.41) is 11.9. The Hall–Kier alpha value is -1.84. The molecule has 0 bridgehead atoms. The van der Waals surface area contributed by atoms with E-state index in [1.54, 1.807) is 13.8 Å². The van der Waals surface area contributed by atoms with Crippen LogP contribution in [0.2, 0.25) is 0 Å². The quantitative estimate of drug-likeness (QED) is 0.636. The van der Waals surface area contributed by atoms with Crippen LogP contribution < -0.4 is 0 Å². The number of benzene rings is 1. The van der Waals surface area contributed by atoms with Crippen LogP contribution >= 0.6 is 0 Å². The van der Waals surface area contributed by atoms with E-state index in [9.17, 15) is 10.1 Å². The van der Waals surface area contributed by atoms with Crippen molar-refractivity contribution in [2.24, 2.45) is 0 Å². The average Bonchev–Trinajstić information content (AvgIpc) is 2.61. The molecule has 2 aromatic rings. The number of para-hydroxylation sites is 1. The van der Waals surface area contributed by atoms with Crippen molar-refractivity contribution >= 4 is 10.9 Å². The van der Waals surface area contributed by atoms with Gasteiger partial charge in [0.05, 0.1) is 0 Å². The third kappa shape index (κ3) is 1.78. The predicted octanol–water partition coefficient (Wildman–Crippen LogP) is 2.77. The molecular formula is C12H14N2O2. The average molecular weight is 218 g/mol. The Bertz CT molecular complexity index is 529. The molecule has 0 saturated carbocycles. The van der Waals surface area contributed by atoms with Gasteiger partial charge in [0.15, 0.2) is 0 Å². The molecule has 0 amide bonds. The van der Waals surface area contributed by atoms with Crippen molar-refractivity contribution in [2.75, 3.05) is 0 Å². The molecule has 4 nitrogen and oxygen atoms in total. The van der Waals surface area contributed by atoms with Gasteiger partial charge in [0, 0.05) is 42.3 Å². The van der Waals surface area contributed by atoms with Crippen molar-refractivity contribution in [2.45, 2.75) is 25.8 Å². The summed E-state index contributed by atoms with van der Waals surface area (Å²) < 4.78 is 0. The van der Waals surface area contributed by atoms with E-state index in [2.05, 4.69) is 4.98 Å². The van der Waals surface area contributed by atoms with Crippen molar-refractivity contribution in [3.05, 3.63) is 46.1 Å². The van der Waals surface area contributed by atoms with E-state index >= 15 is 0 Å². The second-order valence-electron chi connectivity index (χ2n) is 4.61. The predicted molar refractivity (Wildman–Crippen MR) is 63.1 cm³/mol. The Kier molecular flexibility index (Phi) is 2.42. The first-order chi connectivity index (χ1) is 7.50. The minimum absolute atomic E-state index is 0.227. The summed E-state index contributed by atoms with van der Waals surface area (Å²) in [4.78, 5) is 13.8. The van der Waals surface area contributed by atoms with Crippen LogP contribution in [0.4, 0.5) is 0 Å². The van der Waals surface area contributed by atoms with E-state index in [1.165, 1.54) is 0 Å². The van der Waals surface area contributed by atoms with Gasteiger partial charge in [-0.3, -0.25) is 10.1 Å². The minimum Gasteiger partial charge on any atom is -0.361 e. The molecule has 1 N–H and O–H groups in total. The van der Waals surface area contributed by atoms with Crippen LogP contribution in [-0.4, -0.2) is 15.4 Å². The number of aromatic amines is 1. The van der Waals surface area contributed by atoms with E-state index in [0.29, 0.717) is 6.42 Å². The number of hydrogen-bond acceptors (Lipinski definition) is 2. The van der Waals surface area contributed by atoms with Crippen molar-refractivity contribution in [1.82, 2.24) is 4.98 Å². The monoisotopic (exact) mass is 218 g/mol. The lowest BCUT2D eigenvalue weighted by Crippen LogP contribution is -2.33. The van der Waals surface area contributed by atoms with Gasteiger partial charge in [-0.2, -0.15) is 0 Å². The molecule has 0 fully saturated rings. The fourth-order valence-corrected chi connectivity index (χ4v) is 1.81. The van der Waals surface area contributed by atoms with Gasteiger partial charge in [-0.25, -0.2) is 0 Å². The minimum atomic E-state index is -0.926. The van der Waals surface area contributed by atoms with Gasteiger partial charge in [0.25, 0.3) is 0 Å². The molecular weight excluding hydrogens is 204 g/mol. The maximum Gasteiger partial charge on any atom is 0.220 e. The van der Waals surface area contributed by atoms with Gasteiger partial charge >= 0.3 is 0 Å². The van der Waals surface area contributed by atoms with Gasteiger partial charge in [-0.15, -0.1) is 0 Å². The summed E-state index contributed by atoms with van der Waals surface area (Å²) in [6, 6.07) is 7.84. The molecule has 2 rings (SSSR count). The first-order valence-corrected chi connectivity index (χ1v) is 5.20. The Morgan fingerprint density at radius 1 is 1.38 bits per heavy atom. The second kappa shape index (κ2) is 3.63. The highest BCUT2D eigenvalue weighted by molar-refractivity contribution is 5.83. The van der Waals surface area contributed by atoms with E-state index in [4.69, 9.17) is 0 Å². The zero-order valence-electron chi connectivity index (χ0n) is 9.36. The molecule has 0 aliphatic carbocycles. The number of nitrogens with one attached hydrogen (secondary N) is 1. The third-order valence-corrected chi connectivity index (χ3v) is 2.79. The second-order valence-corrected chi connectivity index (χ2v) is 4.61. The molecule has 0 atom stereocenters. The van der Waals surface area contributed by atoms with Crippen LogP contribution in [0, 0.1) is 10.1 Å². The van der Waals surface area contributed by atoms with Crippen molar-refractivity contribution in [1.29, 1.82) is 0 Å². The molecule has 0 spiro atoms. The number of aromatic nitrogens is 1. The molecule has 0 saturated heterocycles. The maximum atomic E-state index is 10.9. The molecule has 1 aromatic heterocycles. The molecule has 0 aliphatic rings. The number of nitro groups is 1. The van der Waals surface area contributed by atoms with Crippen molar-refractivity contribution in [3.8, 4) is 0 Å². The summed E-state index contributed by atoms with van der Waals surface area (Å²) in [5.74, 6) is 0. The van der Waals surface area contributed by atoms with Crippen molar-refractivity contribution < 1.29 is 4.92 Å². The smallest absolute Gasteiger partial charge is 0.220 e. The fraction of sp³-hybridized carbons (Fsp3) is 0.333. The summed E-state index contributed by atoms with van der Waals surface area (Å²) in [7, 11) is 0. The Morgan fingerprint density at radius 2 is 2.06 bits per heavy atom. The standard InChI is InChI=1S/C12H14N2O2/c1-12(2,14(15)16)7-9-8-13-11-6-4-3-5-10(9)11/h3-6,8,13H,7H2,1-2H3. The number of H-pyrrole nitrogens is 1. The first-order valence-electron chi connectivity index (χ1n) is 5.20. The Labute approximate surface area is 93.4 Å². The van der Waals surface area contributed by atoms with Crippen LogP contribution in [0.5, 0.6) is 0 Å². The summed E-state index contributed by atoms with van der Waals surface area (Å²) in [6.07, 6.45) is 2.29. The number of rotatable bonds is 3. The van der Waals surface area contributed by atoms with E-state index in [-0.39, 0.29) is 4.92 Å². The van der Waals surface area contributed by atoms with Crippen LogP contribution in [0.3, 0.4) is 0 Å². The van der Waals surface area contributed by atoms with Crippen LogP contribution in [-0.2, 0) is 6.42 Å². The van der Waals surface area contributed by atoms with Gasteiger partial charge in [0.2, 0.25) is 5.54 Å². The largest absolute Gasteiger partial charge is 0.361 e. The van der Waals surface area contributed by atoms with Gasteiger partial charge in [-0.05, 0) is 11.6 Å². The van der Waals surface area contributed by atoms with Crippen molar-refractivity contribution in [3.63, 3.8) is 0 Å². The summed E-state index contributed by atoms with van der Waals surface area (Å²) >= 11 is 0. The number of fused-ring (bicyclic) bond motifs is 1. The summed E-state index contributed by atoms with van der Waals surface area (Å²) in [6.45, 7) is 3.30. The van der Waals surface area contributed by atoms with Gasteiger partial charge in [-0.1, -0.05) is 18.2 Å².